The Kier molecular flexibility index (Phi) is 3.69. The minimum absolute atomic E-state index is 0.175. The molecule has 0 bridgehead atoms. The first-order valence-corrected chi connectivity index (χ1v) is 5.55. The van der Waals surface area contributed by atoms with Crippen LogP contribution in [0.2, 0.25) is 0 Å². The van der Waals surface area contributed by atoms with Gasteiger partial charge in [-0.3, -0.25) is 4.79 Å². The highest BCUT2D eigenvalue weighted by Gasteiger charge is 2.15. The number of nitrogens with zero attached hydrogens (tertiary/aromatic N) is 2. The number of carbonyl (C=O) groups is 1. The Bertz CT molecular complexity index is 551. The molecule has 0 fully saturated rings. The second kappa shape index (κ2) is 5.42. The molecule has 2 aromatic rings. The third-order valence-electron chi connectivity index (χ3n) is 2.44. The smallest absolute Gasteiger partial charge is 0.251 e. The summed E-state index contributed by atoms with van der Waals surface area (Å²) in [7, 11) is 3.38. The Morgan fingerprint density at radius 2 is 2.11 bits per heavy atom. The number of carbonyl (C=O) groups excluding carboxylic acids is 1. The zero-order valence-electron chi connectivity index (χ0n) is 10.2. The number of hydrogen-bond acceptors (Lipinski definition) is 5. The summed E-state index contributed by atoms with van der Waals surface area (Å²) in [6.45, 7) is 0.495. The molecule has 6 heteroatoms. The van der Waals surface area contributed by atoms with Gasteiger partial charge in [-0.1, -0.05) is 23.4 Å². The Hall–Kier alpha value is -2.21. The normalized spacial score (nSPS) is 10.3. The van der Waals surface area contributed by atoms with Gasteiger partial charge in [0.25, 0.3) is 5.91 Å². The molecule has 1 aromatic carbocycles. The van der Waals surface area contributed by atoms with Crippen LogP contribution in [0, 0.1) is 0 Å². The van der Waals surface area contributed by atoms with E-state index in [0.717, 1.165) is 0 Å². The van der Waals surface area contributed by atoms with Crippen molar-refractivity contribution in [3.8, 4) is 11.4 Å². The van der Waals surface area contributed by atoms with Crippen LogP contribution in [0.4, 0.5) is 0 Å². The molecule has 1 amide bonds. The first-order chi connectivity index (χ1) is 8.76. The molecular weight excluding hydrogens is 232 g/mol. The van der Waals surface area contributed by atoms with Gasteiger partial charge in [0.2, 0.25) is 11.7 Å². The molecule has 2 N–H and O–H groups in total. The van der Waals surface area contributed by atoms with E-state index in [9.17, 15) is 4.79 Å². The molecule has 1 aromatic heterocycles. The van der Waals surface area contributed by atoms with Crippen molar-refractivity contribution < 1.29 is 9.32 Å². The fourth-order valence-electron chi connectivity index (χ4n) is 1.60. The average Bonchev–Trinajstić information content (AvgIpc) is 2.87. The number of aromatic nitrogens is 2. The van der Waals surface area contributed by atoms with Crippen LogP contribution in [0.25, 0.3) is 11.4 Å². The molecule has 0 saturated heterocycles. The Balaban J connectivity index is 2.40. The Morgan fingerprint density at radius 3 is 2.83 bits per heavy atom. The second-order valence-electron chi connectivity index (χ2n) is 3.67. The van der Waals surface area contributed by atoms with Gasteiger partial charge < -0.3 is 15.2 Å². The lowest BCUT2D eigenvalue weighted by Crippen LogP contribution is -2.18. The zero-order chi connectivity index (χ0) is 13.0. The molecule has 0 aliphatic heterocycles. The van der Waals surface area contributed by atoms with E-state index in [-0.39, 0.29) is 5.91 Å². The molecule has 1 heterocycles. The van der Waals surface area contributed by atoms with Crippen LogP contribution in [0.1, 0.15) is 16.2 Å². The van der Waals surface area contributed by atoms with Crippen molar-refractivity contribution in [3.63, 3.8) is 0 Å². The maximum atomic E-state index is 11.7. The lowest BCUT2D eigenvalue weighted by molar-refractivity contribution is 0.0963. The zero-order valence-corrected chi connectivity index (χ0v) is 10.2. The van der Waals surface area contributed by atoms with Gasteiger partial charge in [-0.15, -0.1) is 0 Å². The van der Waals surface area contributed by atoms with Gasteiger partial charge in [0.05, 0.1) is 12.1 Å². The third-order valence-corrected chi connectivity index (χ3v) is 2.44. The van der Waals surface area contributed by atoms with Crippen LogP contribution < -0.4 is 10.6 Å². The lowest BCUT2D eigenvalue weighted by Gasteiger charge is -2.03. The summed E-state index contributed by atoms with van der Waals surface area (Å²) in [4.78, 5) is 16.0. The number of rotatable bonds is 4. The fourth-order valence-corrected chi connectivity index (χ4v) is 1.60. The van der Waals surface area contributed by atoms with Crippen molar-refractivity contribution in [1.82, 2.24) is 20.8 Å². The van der Waals surface area contributed by atoms with Gasteiger partial charge in [0, 0.05) is 12.6 Å². The van der Waals surface area contributed by atoms with E-state index in [1.807, 2.05) is 6.07 Å². The SMILES string of the molecule is CNCc1nc(-c2ccccc2C(=O)NC)no1. The summed E-state index contributed by atoms with van der Waals surface area (Å²) >= 11 is 0. The first-order valence-electron chi connectivity index (χ1n) is 5.55. The summed E-state index contributed by atoms with van der Waals surface area (Å²) < 4.78 is 5.07. The standard InChI is InChI=1S/C12H14N4O2/c1-13-7-10-15-11(16-18-10)8-5-3-4-6-9(8)12(17)14-2/h3-6,13H,7H2,1-2H3,(H,14,17). The van der Waals surface area contributed by atoms with E-state index in [1.165, 1.54) is 0 Å². The maximum absolute atomic E-state index is 11.7. The van der Waals surface area contributed by atoms with E-state index >= 15 is 0 Å². The number of nitrogens with one attached hydrogen (secondary N) is 2. The molecule has 0 spiro atoms. The molecule has 18 heavy (non-hydrogen) atoms. The predicted molar refractivity (Wildman–Crippen MR) is 65.9 cm³/mol. The predicted octanol–water partition coefficient (Wildman–Crippen LogP) is 0.816. The van der Waals surface area contributed by atoms with Gasteiger partial charge in [-0.05, 0) is 13.1 Å². The van der Waals surface area contributed by atoms with Crippen molar-refractivity contribution in [2.24, 2.45) is 0 Å². The van der Waals surface area contributed by atoms with Crippen LogP contribution in [0.15, 0.2) is 28.8 Å². The van der Waals surface area contributed by atoms with E-state index in [1.54, 1.807) is 32.3 Å². The molecule has 0 aliphatic rings. The van der Waals surface area contributed by atoms with Gasteiger partial charge >= 0.3 is 0 Å². The highest BCUT2D eigenvalue weighted by molar-refractivity contribution is 5.99. The van der Waals surface area contributed by atoms with E-state index in [2.05, 4.69) is 20.8 Å². The fraction of sp³-hybridized carbons (Fsp3) is 0.250. The van der Waals surface area contributed by atoms with Crippen LogP contribution in [0.5, 0.6) is 0 Å². The highest BCUT2D eigenvalue weighted by Crippen LogP contribution is 2.20. The van der Waals surface area contributed by atoms with Crippen molar-refractivity contribution >= 4 is 5.91 Å². The van der Waals surface area contributed by atoms with E-state index in [0.29, 0.717) is 29.4 Å². The summed E-state index contributed by atoms with van der Waals surface area (Å²) in [5.74, 6) is 0.726. The second-order valence-corrected chi connectivity index (χ2v) is 3.67. The molecule has 0 atom stereocenters. The van der Waals surface area contributed by atoms with E-state index < -0.39 is 0 Å². The van der Waals surface area contributed by atoms with Gasteiger partial charge in [-0.25, -0.2) is 0 Å². The van der Waals surface area contributed by atoms with Crippen LogP contribution in [0.3, 0.4) is 0 Å². The minimum atomic E-state index is -0.175. The van der Waals surface area contributed by atoms with Crippen molar-refractivity contribution in [2.45, 2.75) is 6.54 Å². The summed E-state index contributed by atoms with van der Waals surface area (Å²) in [5.41, 5.74) is 1.18. The van der Waals surface area contributed by atoms with E-state index in [4.69, 9.17) is 4.52 Å². The topological polar surface area (TPSA) is 80.0 Å². The van der Waals surface area contributed by atoms with Gasteiger partial charge in [0.1, 0.15) is 0 Å². The van der Waals surface area contributed by atoms with Crippen LogP contribution >= 0.6 is 0 Å². The van der Waals surface area contributed by atoms with Crippen LogP contribution in [-0.4, -0.2) is 30.1 Å². The number of benzene rings is 1. The molecule has 2 rings (SSSR count). The molecule has 0 saturated carbocycles. The quantitative estimate of drug-likeness (QED) is 0.834. The summed E-state index contributed by atoms with van der Waals surface area (Å²) in [6, 6.07) is 7.14. The summed E-state index contributed by atoms with van der Waals surface area (Å²) in [5, 5.41) is 9.38. The molecule has 0 aliphatic carbocycles. The first kappa shape index (κ1) is 12.3. The number of amides is 1. The summed E-state index contributed by atoms with van der Waals surface area (Å²) in [6.07, 6.45) is 0. The average molecular weight is 246 g/mol. The van der Waals surface area contributed by atoms with Gasteiger partial charge in [0.15, 0.2) is 0 Å². The van der Waals surface area contributed by atoms with Crippen molar-refractivity contribution in [2.75, 3.05) is 14.1 Å². The lowest BCUT2D eigenvalue weighted by atomic mass is 10.1. The van der Waals surface area contributed by atoms with Crippen LogP contribution in [-0.2, 0) is 6.54 Å². The highest BCUT2D eigenvalue weighted by atomic mass is 16.5. The Morgan fingerprint density at radius 1 is 1.33 bits per heavy atom. The monoisotopic (exact) mass is 246 g/mol. The molecular formula is C12H14N4O2. The Labute approximate surface area is 104 Å². The third kappa shape index (κ3) is 2.38. The number of hydrogen-bond donors (Lipinski definition) is 2. The molecule has 94 valence electrons. The molecule has 0 unspecified atom stereocenters. The molecule has 0 radical (unpaired) electrons. The van der Waals surface area contributed by atoms with Crippen molar-refractivity contribution in [1.29, 1.82) is 0 Å². The molecule has 6 nitrogen and oxygen atoms in total. The maximum Gasteiger partial charge on any atom is 0.251 e. The van der Waals surface area contributed by atoms with Gasteiger partial charge in [-0.2, -0.15) is 4.98 Å². The minimum Gasteiger partial charge on any atom is -0.355 e. The largest absolute Gasteiger partial charge is 0.355 e. The van der Waals surface area contributed by atoms with Crippen molar-refractivity contribution in [3.05, 3.63) is 35.7 Å².